The van der Waals surface area contributed by atoms with Crippen molar-refractivity contribution in [1.29, 1.82) is 0 Å². The van der Waals surface area contributed by atoms with Crippen molar-refractivity contribution in [3.05, 3.63) is 59.7 Å². The quantitative estimate of drug-likeness (QED) is 0.754. The Labute approximate surface area is 171 Å². The van der Waals surface area contributed by atoms with E-state index in [0.29, 0.717) is 24.3 Å². The van der Waals surface area contributed by atoms with Crippen LogP contribution in [-0.2, 0) is 11.2 Å². The molecule has 154 valence electrons. The van der Waals surface area contributed by atoms with Crippen LogP contribution in [0.25, 0.3) is 0 Å². The van der Waals surface area contributed by atoms with Gasteiger partial charge in [-0.2, -0.15) is 0 Å². The Morgan fingerprint density at radius 2 is 1.66 bits per heavy atom. The number of nitrogens with one attached hydrogen (secondary N) is 1. The van der Waals surface area contributed by atoms with Crippen molar-refractivity contribution < 1.29 is 19.4 Å². The van der Waals surface area contributed by atoms with Gasteiger partial charge < -0.3 is 20.1 Å². The van der Waals surface area contributed by atoms with E-state index in [9.17, 15) is 14.7 Å². The largest absolute Gasteiger partial charge is 0.508 e. The van der Waals surface area contributed by atoms with Crippen molar-refractivity contribution in [2.45, 2.75) is 32.1 Å². The SMILES string of the molecule is O=C(NCCc1ccc(O)cc1)c1ccccc1OCC(=O)N1CCCCCC1. The molecule has 2 aromatic carbocycles. The highest BCUT2D eigenvalue weighted by molar-refractivity contribution is 5.97. The first-order chi connectivity index (χ1) is 14.1. The molecule has 1 saturated heterocycles. The Kier molecular flexibility index (Phi) is 7.50. The Bertz CT molecular complexity index is 812. The predicted molar refractivity (Wildman–Crippen MR) is 111 cm³/mol. The number of likely N-dealkylation sites (tertiary alicyclic amines) is 1. The van der Waals surface area contributed by atoms with Crippen molar-refractivity contribution in [3.63, 3.8) is 0 Å². The van der Waals surface area contributed by atoms with Crippen LogP contribution in [0, 0.1) is 0 Å². The molecular weight excluding hydrogens is 368 g/mol. The Balaban J connectivity index is 1.52. The third kappa shape index (κ3) is 6.24. The monoisotopic (exact) mass is 396 g/mol. The van der Waals surface area contributed by atoms with E-state index in [1.165, 1.54) is 0 Å². The number of phenols is 1. The second-order valence-electron chi connectivity index (χ2n) is 7.25. The second-order valence-corrected chi connectivity index (χ2v) is 7.25. The molecule has 0 bridgehead atoms. The maximum absolute atomic E-state index is 12.6. The molecule has 0 atom stereocenters. The average Bonchev–Trinajstić information content (AvgIpc) is 3.03. The summed E-state index contributed by atoms with van der Waals surface area (Å²) in [5, 5.41) is 12.2. The lowest BCUT2D eigenvalue weighted by Crippen LogP contribution is -2.35. The smallest absolute Gasteiger partial charge is 0.260 e. The van der Waals surface area contributed by atoms with Crippen LogP contribution in [0.1, 0.15) is 41.6 Å². The van der Waals surface area contributed by atoms with Gasteiger partial charge in [-0.05, 0) is 49.1 Å². The number of benzene rings is 2. The first kappa shape index (κ1) is 20.7. The van der Waals surface area contributed by atoms with E-state index in [-0.39, 0.29) is 24.2 Å². The molecular formula is C23H28N2O4. The Hall–Kier alpha value is -3.02. The van der Waals surface area contributed by atoms with Crippen LogP contribution in [-0.4, -0.2) is 48.1 Å². The number of amides is 2. The summed E-state index contributed by atoms with van der Waals surface area (Å²) in [4.78, 5) is 26.9. The lowest BCUT2D eigenvalue weighted by molar-refractivity contribution is -0.133. The van der Waals surface area contributed by atoms with E-state index < -0.39 is 0 Å². The van der Waals surface area contributed by atoms with Gasteiger partial charge in [-0.1, -0.05) is 37.1 Å². The number of hydrogen-bond acceptors (Lipinski definition) is 4. The third-order valence-corrected chi connectivity index (χ3v) is 5.08. The lowest BCUT2D eigenvalue weighted by atomic mass is 10.1. The number of carbonyl (C=O) groups excluding carboxylic acids is 2. The van der Waals surface area contributed by atoms with Crippen LogP contribution in [0.2, 0.25) is 0 Å². The molecule has 2 aromatic rings. The van der Waals surface area contributed by atoms with E-state index in [1.54, 1.807) is 36.4 Å². The van der Waals surface area contributed by atoms with Crippen molar-refractivity contribution in [2.75, 3.05) is 26.2 Å². The number of nitrogens with zero attached hydrogens (tertiary/aromatic N) is 1. The van der Waals surface area contributed by atoms with Crippen molar-refractivity contribution in [2.24, 2.45) is 0 Å². The number of rotatable bonds is 7. The van der Waals surface area contributed by atoms with E-state index in [2.05, 4.69) is 5.32 Å². The highest BCUT2D eigenvalue weighted by atomic mass is 16.5. The van der Waals surface area contributed by atoms with E-state index >= 15 is 0 Å². The molecule has 6 heteroatoms. The number of carbonyl (C=O) groups is 2. The van der Waals surface area contributed by atoms with E-state index in [4.69, 9.17) is 4.74 Å². The summed E-state index contributed by atoms with van der Waals surface area (Å²) in [5.74, 6) is 0.368. The number of phenolic OH excluding ortho intramolecular Hbond substituents is 1. The van der Waals surface area contributed by atoms with Crippen LogP contribution in [0.4, 0.5) is 0 Å². The van der Waals surface area contributed by atoms with Crippen molar-refractivity contribution in [1.82, 2.24) is 10.2 Å². The molecule has 1 aliphatic rings. The predicted octanol–water partition coefficient (Wildman–Crippen LogP) is 3.15. The van der Waals surface area contributed by atoms with Gasteiger partial charge in [0.1, 0.15) is 11.5 Å². The maximum Gasteiger partial charge on any atom is 0.260 e. The lowest BCUT2D eigenvalue weighted by Gasteiger charge is -2.20. The fourth-order valence-electron chi connectivity index (χ4n) is 3.41. The Morgan fingerprint density at radius 1 is 0.966 bits per heavy atom. The molecule has 1 fully saturated rings. The van der Waals surface area contributed by atoms with Gasteiger partial charge in [0.15, 0.2) is 6.61 Å². The summed E-state index contributed by atoms with van der Waals surface area (Å²) in [5.41, 5.74) is 1.44. The fourth-order valence-corrected chi connectivity index (χ4v) is 3.41. The maximum atomic E-state index is 12.6. The minimum Gasteiger partial charge on any atom is -0.508 e. The minimum atomic E-state index is -0.235. The van der Waals surface area contributed by atoms with Gasteiger partial charge in [0, 0.05) is 19.6 Å². The molecule has 1 aliphatic heterocycles. The van der Waals surface area contributed by atoms with Crippen LogP contribution in [0.3, 0.4) is 0 Å². The highest BCUT2D eigenvalue weighted by Gasteiger charge is 2.18. The molecule has 0 saturated carbocycles. The van der Waals surface area contributed by atoms with Gasteiger partial charge in [-0.25, -0.2) is 0 Å². The number of hydrogen-bond donors (Lipinski definition) is 2. The minimum absolute atomic E-state index is 0.0329. The summed E-state index contributed by atoms with van der Waals surface area (Å²) in [6.07, 6.45) is 5.05. The molecule has 3 rings (SSSR count). The average molecular weight is 396 g/mol. The fraction of sp³-hybridized carbons (Fsp3) is 0.391. The summed E-state index contributed by atoms with van der Waals surface area (Å²) in [7, 11) is 0. The molecule has 0 aromatic heterocycles. The molecule has 29 heavy (non-hydrogen) atoms. The molecule has 6 nitrogen and oxygen atoms in total. The highest BCUT2D eigenvalue weighted by Crippen LogP contribution is 2.18. The zero-order valence-electron chi connectivity index (χ0n) is 16.6. The topological polar surface area (TPSA) is 78.9 Å². The van der Waals surface area contributed by atoms with Gasteiger partial charge in [-0.15, -0.1) is 0 Å². The molecule has 0 aliphatic carbocycles. The summed E-state index contributed by atoms with van der Waals surface area (Å²) in [6.45, 7) is 1.96. The van der Waals surface area contributed by atoms with Crippen LogP contribution in [0.15, 0.2) is 48.5 Å². The Morgan fingerprint density at radius 3 is 2.38 bits per heavy atom. The van der Waals surface area contributed by atoms with Gasteiger partial charge in [0.05, 0.1) is 5.56 Å². The van der Waals surface area contributed by atoms with Gasteiger partial charge in [-0.3, -0.25) is 9.59 Å². The molecule has 0 unspecified atom stereocenters. The van der Waals surface area contributed by atoms with Gasteiger partial charge in [0.2, 0.25) is 0 Å². The second kappa shape index (κ2) is 10.5. The summed E-state index contributed by atoms with van der Waals surface area (Å²) < 4.78 is 5.71. The molecule has 1 heterocycles. The zero-order chi connectivity index (χ0) is 20.5. The first-order valence-corrected chi connectivity index (χ1v) is 10.2. The number of ether oxygens (including phenoxy) is 1. The standard InChI is InChI=1S/C23H28N2O4/c26-19-11-9-18(10-12-19)13-14-24-23(28)20-7-3-4-8-21(20)29-17-22(27)25-15-5-1-2-6-16-25/h3-4,7-12,26H,1-2,5-6,13-17H2,(H,24,28). The van der Waals surface area contributed by atoms with Crippen molar-refractivity contribution >= 4 is 11.8 Å². The van der Waals surface area contributed by atoms with Gasteiger partial charge >= 0.3 is 0 Å². The molecule has 2 amide bonds. The summed E-state index contributed by atoms with van der Waals surface area (Å²) in [6, 6.07) is 13.9. The van der Waals surface area contributed by atoms with Crippen LogP contribution in [0.5, 0.6) is 11.5 Å². The van der Waals surface area contributed by atoms with Crippen molar-refractivity contribution in [3.8, 4) is 11.5 Å². The van der Waals surface area contributed by atoms with Crippen LogP contribution >= 0.6 is 0 Å². The molecule has 2 N–H and O–H groups in total. The normalized spacial score (nSPS) is 14.1. The zero-order valence-corrected chi connectivity index (χ0v) is 16.6. The molecule has 0 radical (unpaired) electrons. The van der Waals surface area contributed by atoms with Gasteiger partial charge in [0.25, 0.3) is 11.8 Å². The number of para-hydroxylation sites is 1. The van der Waals surface area contributed by atoms with E-state index in [1.807, 2.05) is 17.0 Å². The van der Waals surface area contributed by atoms with Crippen LogP contribution < -0.4 is 10.1 Å². The first-order valence-electron chi connectivity index (χ1n) is 10.2. The van der Waals surface area contributed by atoms with E-state index in [0.717, 1.165) is 44.3 Å². The summed E-state index contributed by atoms with van der Waals surface area (Å²) >= 11 is 0. The number of aromatic hydroxyl groups is 1. The molecule has 0 spiro atoms. The third-order valence-electron chi connectivity index (χ3n) is 5.08.